The van der Waals surface area contributed by atoms with E-state index in [9.17, 15) is 0 Å². The van der Waals surface area contributed by atoms with Gasteiger partial charge < -0.3 is 12.2 Å². The number of hydrogen-bond donors (Lipinski definition) is 0. The van der Waals surface area contributed by atoms with E-state index in [1.807, 2.05) is 24.3 Å². The first kappa shape index (κ1) is 13.1. The zero-order chi connectivity index (χ0) is 6.69. The maximum Gasteiger partial charge on any atom is 2.00 e. The fraction of sp³-hybridized carbons (Fsp3) is 0.111. The topological polar surface area (TPSA) is 9.23 Å². The third kappa shape index (κ3) is 3.43. The third-order valence-electron chi connectivity index (χ3n) is 1.19. The van der Waals surface area contributed by atoms with Crippen molar-refractivity contribution < 1.29 is 24.2 Å². The number of rotatable bonds is 1. The summed E-state index contributed by atoms with van der Waals surface area (Å²) in [5.74, 6) is 0.845. The summed E-state index contributed by atoms with van der Waals surface area (Å²) in [5, 5.41) is 0. The van der Waals surface area contributed by atoms with Crippen molar-refractivity contribution in [3.05, 3.63) is 44.2 Å². The molecule has 0 N–H and O–H groups in total. The van der Waals surface area contributed by atoms with Crippen molar-refractivity contribution in [2.24, 2.45) is 0 Å². The molecule has 0 saturated carbocycles. The van der Waals surface area contributed by atoms with Crippen LogP contribution < -0.4 is 4.74 Å². The summed E-state index contributed by atoms with van der Waals surface area (Å²) < 4.78 is 4.98. The number of benzene rings is 1. The molecule has 1 rings (SSSR count). The average Bonchev–Trinajstić information content (AvgIpc) is 1.89. The van der Waals surface area contributed by atoms with Gasteiger partial charge in [-0.1, -0.05) is 12.1 Å². The molecule has 1 aromatic rings. The summed E-state index contributed by atoms with van der Waals surface area (Å²) in [6, 6.07) is 7.67. The Morgan fingerprint density at radius 2 is 1.82 bits per heavy atom. The molecule has 0 amide bonds. The van der Waals surface area contributed by atoms with E-state index in [1.165, 1.54) is 0 Å². The predicted molar refractivity (Wildman–Crippen MR) is 43.9 cm³/mol. The molecule has 0 radical (unpaired) electrons. The first-order valence-corrected chi connectivity index (χ1v) is 2.79. The van der Waals surface area contributed by atoms with Crippen molar-refractivity contribution in [3.63, 3.8) is 0 Å². The maximum absolute atomic E-state index is 4.98. The van der Waals surface area contributed by atoms with Gasteiger partial charge in [0, 0.05) is 5.75 Å². The zero-order valence-corrected chi connectivity index (χ0v) is 10.1. The van der Waals surface area contributed by atoms with Gasteiger partial charge in [-0.25, -0.2) is 0 Å². The average molecular weight is 202 g/mol. The van der Waals surface area contributed by atoms with Gasteiger partial charge in [-0.05, 0) is 0 Å². The summed E-state index contributed by atoms with van der Waals surface area (Å²) in [5.41, 5.74) is 0.931. The van der Waals surface area contributed by atoms with Gasteiger partial charge in [0.25, 0.3) is 0 Å². The van der Waals surface area contributed by atoms with Crippen LogP contribution in [0.25, 0.3) is 0 Å². The fourth-order valence-electron chi connectivity index (χ4n) is 0.703. The molecule has 1 nitrogen and oxygen atoms in total. The SMILES string of the molecule is [CH2-]c1ccccc1OC.[CH3-].[Zn+2]. The van der Waals surface area contributed by atoms with Gasteiger partial charge in [0.05, 0.1) is 7.11 Å². The molecule has 0 saturated heterocycles. The summed E-state index contributed by atoms with van der Waals surface area (Å²) >= 11 is 0. The van der Waals surface area contributed by atoms with Gasteiger partial charge >= 0.3 is 19.5 Å². The minimum absolute atomic E-state index is 0. The molecule has 0 atom stereocenters. The van der Waals surface area contributed by atoms with Crippen LogP contribution in [0.3, 0.4) is 0 Å². The van der Waals surface area contributed by atoms with Crippen LogP contribution >= 0.6 is 0 Å². The minimum Gasteiger partial charge on any atom is -0.554 e. The molecule has 0 spiro atoms. The second kappa shape index (κ2) is 6.24. The van der Waals surface area contributed by atoms with Gasteiger partial charge in [0.2, 0.25) is 0 Å². The van der Waals surface area contributed by atoms with Crippen molar-refractivity contribution in [3.8, 4) is 5.75 Å². The summed E-state index contributed by atoms with van der Waals surface area (Å²) in [6.45, 7) is 3.77. The summed E-state index contributed by atoms with van der Waals surface area (Å²) in [7, 11) is 1.64. The molecule has 11 heavy (non-hydrogen) atoms. The van der Waals surface area contributed by atoms with Gasteiger partial charge in [0.15, 0.2) is 0 Å². The molecule has 0 aliphatic heterocycles. The van der Waals surface area contributed by atoms with Crippen LogP contribution in [0.15, 0.2) is 24.3 Å². The molecule has 0 aliphatic carbocycles. The smallest absolute Gasteiger partial charge is 0.554 e. The van der Waals surface area contributed by atoms with Gasteiger partial charge in [-0.15, -0.1) is 6.07 Å². The molecule has 0 aromatic heterocycles. The van der Waals surface area contributed by atoms with E-state index in [4.69, 9.17) is 4.74 Å². The largest absolute Gasteiger partial charge is 2.00 e. The molecular formula is C9H12OZn. The monoisotopic (exact) mass is 200 g/mol. The summed E-state index contributed by atoms with van der Waals surface area (Å²) in [6.07, 6.45) is 0. The van der Waals surface area contributed by atoms with Crippen LogP contribution in [0, 0.1) is 14.4 Å². The number of hydrogen-bond acceptors (Lipinski definition) is 1. The van der Waals surface area contributed by atoms with Crippen molar-refractivity contribution in [1.82, 2.24) is 0 Å². The Balaban J connectivity index is 0. The molecule has 1 aromatic carbocycles. The van der Waals surface area contributed by atoms with E-state index >= 15 is 0 Å². The van der Waals surface area contributed by atoms with Gasteiger partial charge in [0.1, 0.15) is 0 Å². The van der Waals surface area contributed by atoms with Crippen molar-refractivity contribution in [2.45, 2.75) is 0 Å². The molecule has 0 bridgehead atoms. The van der Waals surface area contributed by atoms with E-state index < -0.39 is 0 Å². The molecule has 0 fully saturated rings. The zero-order valence-electron chi connectivity index (χ0n) is 7.13. The first-order valence-electron chi connectivity index (χ1n) is 2.79. The minimum atomic E-state index is 0. The summed E-state index contributed by atoms with van der Waals surface area (Å²) in [4.78, 5) is 0. The Bertz CT molecular complexity index is 199. The van der Waals surface area contributed by atoms with E-state index in [-0.39, 0.29) is 26.9 Å². The second-order valence-corrected chi connectivity index (χ2v) is 1.81. The van der Waals surface area contributed by atoms with Gasteiger partial charge in [-0.2, -0.15) is 18.6 Å². The van der Waals surface area contributed by atoms with Crippen LogP contribution in [0.1, 0.15) is 5.56 Å². The van der Waals surface area contributed by atoms with Crippen LogP contribution in [0.5, 0.6) is 5.75 Å². The Kier molecular flexibility index (Phi) is 7.45. The third-order valence-corrected chi connectivity index (χ3v) is 1.19. The normalized spacial score (nSPS) is 7.36. The number of ether oxygens (including phenoxy) is 1. The number of para-hydroxylation sites is 1. The van der Waals surface area contributed by atoms with Crippen LogP contribution in [-0.4, -0.2) is 7.11 Å². The quantitative estimate of drug-likeness (QED) is 0.501. The standard InChI is InChI=1S/C8H9O.CH3.Zn/c1-7-5-3-4-6-8(7)9-2;;/h3-6H,1H2,2H3;1H3;/q2*-1;+2. The van der Waals surface area contributed by atoms with Crippen molar-refractivity contribution >= 4 is 0 Å². The Labute approximate surface area is 81.5 Å². The van der Waals surface area contributed by atoms with Crippen molar-refractivity contribution in [1.29, 1.82) is 0 Å². The molecule has 0 aliphatic rings. The Morgan fingerprint density at radius 3 is 2.18 bits per heavy atom. The molecular weight excluding hydrogens is 189 g/mol. The predicted octanol–water partition coefficient (Wildman–Crippen LogP) is 2.33. The van der Waals surface area contributed by atoms with E-state index in [0.717, 1.165) is 11.3 Å². The molecule has 2 heteroatoms. The fourth-order valence-corrected chi connectivity index (χ4v) is 0.703. The van der Waals surface area contributed by atoms with Crippen LogP contribution in [0.2, 0.25) is 0 Å². The van der Waals surface area contributed by atoms with Crippen LogP contribution in [-0.2, 0) is 19.5 Å². The van der Waals surface area contributed by atoms with E-state index in [2.05, 4.69) is 6.92 Å². The molecule has 0 unspecified atom stereocenters. The Morgan fingerprint density at radius 1 is 1.27 bits per heavy atom. The molecule has 56 valence electrons. The van der Waals surface area contributed by atoms with E-state index in [1.54, 1.807) is 7.11 Å². The first-order chi connectivity index (χ1) is 4.34. The van der Waals surface area contributed by atoms with Crippen molar-refractivity contribution in [2.75, 3.05) is 7.11 Å². The maximum atomic E-state index is 4.98. The van der Waals surface area contributed by atoms with Crippen LogP contribution in [0.4, 0.5) is 0 Å². The Hall–Kier alpha value is -0.487. The molecule has 0 heterocycles. The number of methoxy groups -OCH3 is 1. The second-order valence-electron chi connectivity index (χ2n) is 1.81. The van der Waals surface area contributed by atoms with Gasteiger partial charge in [-0.3, -0.25) is 0 Å². The van der Waals surface area contributed by atoms with E-state index in [0.29, 0.717) is 0 Å².